The molecule has 0 aliphatic rings. The number of amides is 2. The summed E-state index contributed by atoms with van der Waals surface area (Å²) in [5.74, 6) is 0.248. The van der Waals surface area contributed by atoms with E-state index >= 15 is 0 Å². The first-order valence-corrected chi connectivity index (χ1v) is 10.7. The van der Waals surface area contributed by atoms with Gasteiger partial charge in [-0.2, -0.15) is 0 Å². The number of hydrogen-bond acceptors (Lipinski definition) is 4. The molecule has 0 aliphatic heterocycles. The van der Waals surface area contributed by atoms with Gasteiger partial charge in [0.1, 0.15) is 11.5 Å². The highest BCUT2D eigenvalue weighted by Gasteiger charge is 2.17. The Morgan fingerprint density at radius 2 is 1.31 bits per heavy atom. The van der Waals surface area contributed by atoms with Crippen molar-refractivity contribution in [1.82, 2.24) is 0 Å². The number of rotatable bonds is 8. The van der Waals surface area contributed by atoms with Gasteiger partial charge < -0.3 is 20.1 Å². The van der Waals surface area contributed by atoms with Crippen LogP contribution >= 0.6 is 11.6 Å². The molecule has 0 saturated heterocycles. The van der Waals surface area contributed by atoms with Gasteiger partial charge >= 0.3 is 0 Å². The van der Waals surface area contributed by atoms with Crippen molar-refractivity contribution in [2.75, 3.05) is 23.8 Å². The van der Waals surface area contributed by atoms with Crippen LogP contribution in [0.2, 0.25) is 5.02 Å². The summed E-state index contributed by atoms with van der Waals surface area (Å²) in [6.07, 6.45) is 0. The molecular weight excluding hydrogens is 428 g/mol. The summed E-state index contributed by atoms with van der Waals surface area (Å²) in [7, 11) is 0. The van der Waals surface area contributed by atoms with Crippen LogP contribution in [0.5, 0.6) is 11.5 Å². The maximum Gasteiger partial charge on any atom is 0.255 e. The molecule has 6 nitrogen and oxygen atoms in total. The Bertz CT molecular complexity index is 1110. The smallest absolute Gasteiger partial charge is 0.255 e. The maximum absolute atomic E-state index is 12.8. The Morgan fingerprint density at radius 1 is 0.781 bits per heavy atom. The molecule has 0 aromatic heterocycles. The van der Waals surface area contributed by atoms with Crippen molar-refractivity contribution in [3.05, 3.63) is 82.4 Å². The maximum atomic E-state index is 12.8. The number of benzene rings is 3. The molecule has 0 fully saturated rings. The molecule has 2 N–H and O–H groups in total. The average molecular weight is 453 g/mol. The molecule has 3 aromatic rings. The number of carbonyl (C=O) groups excluding carboxylic acids is 2. The van der Waals surface area contributed by atoms with Gasteiger partial charge in [0.25, 0.3) is 11.8 Å². The highest BCUT2D eigenvalue weighted by molar-refractivity contribution is 6.30. The molecule has 7 heteroatoms. The zero-order chi connectivity index (χ0) is 23.1. The topological polar surface area (TPSA) is 76.7 Å². The molecule has 0 aliphatic carbocycles. The SMILES string of the molecule is CCOc1cc(NC(=O)c2cccc(C)c2)c(OCC)cc1NC(=O)c1ccc(Cl)cc1. The van der Waals surface area contributed by atoms with Crippen molar-refractivity contribution >= 4 is 34.8 Å². The second-order valence-electron chi connectivity index (χ2n) is 7.00. The summed E-state index contributed by atoms with van der Waals surface area (Å²) >= 11 is 5.91. The first kappa shape index (κ1) is 23.2. The number of hydrogen-bond donors (Lipinski definition) is 2. The van der Waals surface area contributed by atoms with E-state index in [0.29, 0.717) is 52.2 Å². The number of halogens is 1. The lowest BCUT2D eigenvalue weighted by Gasteiger charge is -2.18. The fourth-order valence-corrected chi connectivity index (χ4v) is 3.21. The van der Waals surface area contributed by atoms with Gasteiger partial charge in [0.15, 0.2) is 0 Å². The molecular formula is C25H25ClN2O4. The van der Waals surface area contributed by atoms with Gasteiger partial charge in [0.2, 0.25) is 0 Å². The van der Waals surface area contributed by atoms with Gasteiger partial charge in [-0.05, 0) is 57.2 Å². The van der Waals surface area contributed by atoms with Crippen LogP contribution < -0.4 is 20.1 Å². The van der Waals surface area contributed by atoms with E-state index in [0.717, 1.165) is 5.56 Å². The third-order valence-corrected chi connectivity index (χ3v) is 4.82. The van der Waals surface area contributed by atoms with E-state index in [1.54, 1.807) is 48.5 Å². The first-order chi connectivity index (χ1) is 15.4. The molecule has 3 aromatic carbocycles. The molecule has 166 valence electrons. The second kappa shape index (κ2) is 10.7. The van der Waals surface area contributed by atoms with E-state index in [4.69, 9.17) is 21.1 Å². The molecule has 0 bridgehead atoms. The molecule has 0 saturated carbocycles. The van der Waals surface area contributed by atoms with Crippen molar-refractivity contribution < 1.29 is 19.1 Å². The van der Waals surface area contributed by atoms with Gasteiger partial charge in [-0.25, -0.2) is 0 Å². The summed E-state index contributed by atoms with van der Waals surface area (Å²) in [6, 6.07) is 17.2. The third kappa shape index (κ3) is 5.80. The van der Waals surface area contributed by atoms with Crippen LogP contribution in [0.1, 0.15) is 40.1 Å². The minimum absolute atomic E-state index is 0.268. The second-order valence-corrected chi connectivity index (χ2v) is 7.43. The average Bonchev–Trinajstić information content (AvgIpc) is 2.77. The Labute approximate surface area is 192 Å². The number of nitrogens with one attached hydrogen (secondary N) is 2. The van der Waals surface area contributed by atoms with E-state index in [1.807, 2.05) is 32.9 Å². The van der Waals surface area contributed by atoms with E-state index in [1.165, 1.54) is 0 Å². The van der Waals surface area contributed by atoms with Gasteiger partial charge in [0.05, 0.1) is 24.6 Å². The fraction of sp³-hybridized carbons (Fsp3) is 0.200. The molecule has 0 atom stereocenters. The van der Waals surface area contributed by atoms with Crippen molar-refractivity contribution in [1.29, 1.82) is 0 Å². The number of carbonyl (C=O) groups is 2. The van der Waals surface area contributed by atoms with E-state index < -0.39 is 0 Å². The predicted molar refractivity (Wildman–Crippen MR) is 127 cm³/mol. The van der Waals surface area contributed by atoms with E-state index in [2.05, 4.69) is 10.6 Å². The van der Waals surface area contributed by atoms with Gasteiger partial charge in [0, 0.05) is 28.3 Å². The lowest BCUT2D eigenvalue weighted by Crippen LogP contribution is -2.15. The normalized spacial score (nSPS) is 10.4. The molecule has 3 rings (SSSR count). The first-order valence-electron chi connectivity index (χ1n) is 10.3. The minimum atomic E-state index is -0.318. The number of anilines is 2. The van der Waals surface area contributed by atoms with Crippen molar-refractivity contribution in [3.63, 3.8) is 0 Å². The molecule has 0 radical (unpaired) electrons. The van der Waals surface area contributed by atoms with Crippen LogP contribution in [0.4, 0.5) is 11.4 Å². The Morgan fingerprint density at radius 3 is 1.81 bits per heavy atom. The van der Waals surface area contributed by atoms with Crippen LogP contribution in [0, 0.1) is 6.92 Å². The molecule has 0 spiro atoms. The summed E-state index contributed by atoms with van der Waals surface area (Å²) < 4.78 is 11.5. The molecule has 2 amide bonds. The zero-order valence-electron chi connectivity index (χ0n) is 18.2. The third-order valence-electron chi connectivity index (χ3n) is 4.56. The van der Waals surface area contributed by atoms with Gasteiger partial charge in [-0.15, -0.1) is 0 Å². The Balaban J connectivity index is 1.92. The standard InChI is InChI=1S/C25H25ClN2O4/c1-4-31-22-15-21(28-25(30)18-8-6-7-16(3)13-18)23(32-5-2)14-20(22)27-24(29)17-9-11-19(26)12-10-17/h6-15H,4-5H2,1-3H3,(H,27,29)(H,28,30). The fourth-order valence-electron chi connectivity index (χ4n) is 3.08. The minimum Gasteiger partial charge on any atom is -0.492 e. The molecule has 32 heavy (non-hydrogen) atoms. The number of aryl methyl sites for hydroxylation is 1. The lowest BCUT2D eigenvalue weighted by molar-refractivity contribution is 0.101. The van der Waals surface area contributed by atoms with Gasteiger partial charge in [-0.3, -0.25) is 9.59 Å². The molecule has 0 unspecified atom stereocenters. The zero-order valence-corrected chi connectivity index (χ0v) is 19.0. The van der Waals surface area contributed by atoms with Crippen LogP contribution in [-0.2, 0) is 0 Å². The summed E-state index contributed by atoms with van der Waals surface area (Å²) in [6.45, 7) is 6.36. The molecule has 0 heterocycles. The van der Waals surface area contributed by atoms with Crippen LogP contribution in [0.25, 0.3) is 0 Å². The van der Waals surface area contributed by atoms with E-state index in [9.17, 15) is 9.59 Å². The monoisotopic (exact) mass is 452 g/mol. The van der Waals surface area contributed by atoms with Crippen LogP contribution in [0.15, 0.2) is 60.7 Å². The summed E-state index contributed by atoms with van der Waals surface area (Å²) in [4.78, 5) is 25.5. The Kier molecular flexibility index (Phi) is 7.73. The summed E-state index contributed by atoms with van der Waals surface area (Å²) in [5, 5.41) is 6.28. The van der Waals surface area contributed by atoms with Gasteiger partial charge in [-0.1, -0.05) is 29.3 Å². The van der Waals surface area contributed by atoms with Crippen LogP contribution in [-0.4, -0.2) is 25.0 Å². The van der Waals surface area contributed by atoms with Crippen molar-refractivity contribution in [2.24, 2.45) is 0 Å². The lowest BCUT2D eigenvalue weighted by atomic mass is 10.1. The number of ether oxygens (including phenoxy) is 2. The van der Waals surface area contributed by atoms with Crippen molar-refractivity contribution in [3.8, 4) is 11.5 Å². The summed E-state index contributed by atoms with van der Waals surface area (Å²) in [5.41, 5.74) is 2.85. The Hall–Kier alpha value is -3.51. The van der Waals surface area contributed by atoms with Crippen LogP contribution in [0.3, 0.4) is 0 Å². The van der Waals surface area contributed by atoms with E-state index in [-0.39, 0.29) is 11.8 Å². The van der Waals surface area contributed by atoms with Crippen molar-refractivity contribution in [2.45, 2.75) is 20.8 Å². The quantitative estimate of drug-likeness (QED) is 0.442. The largest absolute Gasteiger partial charge is 0.492 e. The highest BCUT2D eigenvalue weighted by atomic mass is 35.5. The predicted octanol–water partition coefficient (Wildman–Crippen LogP) is 5.95. The highest BCUT2D eigenvalue weighted by Crippen LogP contribution is 2.37.